The first-order chi connectivity index (χ1) is 10.5. The summed E-state index contributed by atoms with van der Waals surface area (Å²) in [7, 11) is 1.74. The van der Waals surface area contributed by atoms with Gasteiger partial charge in [-0.1, -0.05) is 0 Å². The van der Waals surface area contributed by atoms with Crippen LogP contribution in [0.3, 0.4) is 0 Å². The van der Waals surface area contributed by atoms with E-state index in [0.717, 1.165) is 0 Å². The molecule has 1 unspecified atom stereocenters. The van der Waals surface area contributed by atoms with Crippen LogP contribution in [0.15, 0.2) is 12.3 Å². The number of amides is 1. The maximum Gasteiger partial charge on any atom is 0.339 e. The van der Waals surface area contributed by atoms with Crippen molar-refractivity contribution in [2.45, 2.75) is 13.0 Å². The maximum absolute atomic E-state index is 11.4. The molecule has 0 saturated carbocycles. The first kappa shape index (κ1) is 16.2. The third-order valence-electron chi connectivity index (χ3n) is 3.14. The third kappa shape index (κ3) is 4.15. The molecule has 0 aliphatic carbocycles. The molecule has 1 aromatic heterocycles. The molecule has 0 radical (unpaired) electrons. The molecule has 120 valence electrons. The summed E-state index contributed by atoms with van der Waals surface area (Å²) >= 11 is 0. The van der Waals surface area contributed by atoms with Crippen LogP contribution >= 0.6 is 0 Å². The van der Waals surface area contributed by atoms with E-state index in [0.29, 0.717) is 37.9 Å². The molecule has 2 heterocycles. The van der Waals surface area contributed by atoms with Gasteiger partial charge in [0.05, 0.1) is 37.8 Å². The lowest BCUT2D eigenvalue weighted by atomic mass is 10.2. The van der Waals surface area contributed by atoms with Gasteiger partial charge < -0.3 is 24.8 Å². The molecule has 1 aliphatic rings. The summed E-state index contributed by atoms with van der Waals surface area (Å²) in [6.45, 7) is 3.38. The zero-order valence-corrected chi connectivity index (χ0v) is 12.5. The zero-order chi connectivity index (χ0) is 16.1. The quantitative estimate of drug-likeness (QED) is 0.821. The number of pyridine rings is 1. The van der Waals surface area contributed by atoms with Crippen molar-refractivity contribution in [2.24, 2.45) is 0 Å². The van der Waals surface area contributed by atoms with Crippen molar-refractivity contribution in [3.8, 4) is 0 Å². The van der Waals surface area contributed by atoms with Gasteiger partial charge in [-0.3, -0.25) is 4.79 Å². The summed E-state index contributed by atoms with van der Waals surface area (Å²) in [6, 6.07) is 1.39. The number of ether oxygens (including phenoxy) is 2. The van der Waals surface area contributed by atoms with Crippen LogP contribution in [0, 0.1) is 0 Å². The summed E-state index contributed by atoms with van der Waals surface area (Å²) in [5, 5.41) is 11.9. The van der Waals surface area contributed by atoms with E-state index in [1.54, 1.807) is 11.9 Å². The second-order valence-corrected chi connectivity index (χ2v) is 5.03. The molecule has 8 heteroatoms. The lowest BCUT2D eigenvalue weighted by Gasteiger charge is -2.28. The number of anilines is 2. The van der Waals surface area contributed by atoms with Crippen LogP contribution in [0.2, 0.25) is 0 Å². The Hall–Kier alpha value is -2.19. The molecule has 8 nitrogen and oxygen atoms in total. The lowest BCUT2D eigenvalue weighted by Crippen LogP contribution is -2.39. The Bertz CT molecular complexity index is 557. The molecule has 1 fully saturated rings. The Labute approximate surface area is 128 Å². The molecule has 22 heavy (non-hydrogen) atoms. The van der Waals surface area contributed by atoms with Crippen LogP contribution in [0.1, 0.15) is 17.3 Å². The van der Waals surface area contributed by atoms with Gasteiger partial charge in [-0.05, 0) is 6.07 Å². The summed E-state index contributed by atoms with van der Waals surface area (Å²) in [5.74, 6) is -1.08. The van der Waals surface area contributed by atoms with Crippen molar-refractivity contribution in [3.05, 3.63) is 17.8 Å². The van der Waals surface area contributed by atoms with Crippen LogP contribution in [0.4, 0.5) is 11.5 Å². The fraction of sp³-hybridized carbons (Fsp3) is 0.500. The smallest absolute Gasteiger partial charge is 0.339 e. The van der Waals surface area contributed by atoms with Gasteiger partial charge in [0.1, 0.15) is 11.4 Å². The molecule has 1 aromatic rings. The molecule has 2 rings (SSSR count). The Kier molecular flexibility index (Phi) is 5.29. The van der Waals surface area contributed by atoms with E-state index >= 15 is 0 Å². The molecule has 1 atom stereocenters. The van der Waals surface area contributed by atoms with Crippen LogP contribution in [-0.4, -0.2) is 61.5 Å². The van der Waals surface area contributed by atoms with E-state index in [9.17, 15) is 14.7 Å². The van der Waals surface area contributed by atoms with E-state index in [4.69, 9.17) is 9.47 Å². The first-order valence-corrected chi connectivity index (χ1v) is 6.88. The topological polar surface area (TPSA) is 101 Å². The molecule has 0 bridgehead atoms. The second-order valence-electron chi connectivity index (χ2n) is 5.03. The Morgan fingerprint density at radius 3 is 2.86 bits per heavy atom. The normalized spacial score (nSPS) is 17.8. The first-order valence-electron chi connectivity index (χ1n) is 6.88. The van der Waals surface area contributed by atoms with E-state index in [2.05, 4.69) is 10.3 Å². The van der Waals surface area contributed by atoms with Crippen molar-refractivity contribution in [2.75, 3.05) is 43.6 Å². The number of carbonyl (C=O) groups excluding carboxylic acids is 1. The van der Waals surface area contributed by atoms with Crippen LogP contribution in [0.5, 0.6) is 0 Å². The number of hydrogen-bond acceptors (Lipinski definition) is 6. The summed E-state index contributed by atoms with van der Waals surface area (Å²) in [4.78, 5) is 28.3. The van der Waals surface area contributed by atoms with Gasteiger partial charge >= 0.3 is 5.97 Å². The standard InChI is InChI=1S/C14H19N3O5/c1-9(18)16-10-5-12(14(19)20)13(15-6-10)17(2)7-11-8-21-3-4-22-11/h5-6,11H,3-4,7-8H2,1-2H3,(H,16,18)(H,19,20). The Morgan fingerprint density at radius 2 is 2.27 bits per heavy atom. The number of hydrogen-bond donors (Lipinski definition) is 2. The largest absolute Gasteiger partial charge is 0.478 e. The van der Waals surface area contributed by atoms with Gasteiger partial charge in [0.25, 0.3) is 0 Å². The number of aromatic carboxylic acids is 1. The Balaban J connectivity index is 2.17. The summed E-state index contributed by atoms with van der Waals surface area (Å²) in [6.07, 6.45) is 1.30. The minimum atomic E-state index is -1.11. The molecule has 1 saturated heterocycles. The van der Waals surface area contributed by atoms with Gasteiger partial charge in [-0.2, -0.15) is 0 Å². The van der Waals surface area contributed by atoms with Gasteiger partial charge in [0.2, 0.25) is 5.91 Å². The highest BCUT2D eigenvalue weighted by Crippen LogP contribution is 2.21. The highest BCUT2D eigenvalue weighted by molar-refractivity contribution is 5.96. The fourth-order valence-corrected chi connectivity index (χ4v) is 2.22. The second kappa shape index (κ2) is 7.19. The minimum absolute atomic E-state index is 0.0190. The van der Waals surface area contributed by atoms with Crippen molar-refractivity contribution in [3.63, 3.8) is 0 Å². The molecule has 2 N–H and O–H groups in total. The molecule has 1 amide bonds. The van der Waals surface area contributed by atoms with Crippen LogP contribution < -0.4 is 10.2 Å². The molecule has 1 aliphatic heterocycles. The van der Waals surface area contributed by atoms with Gasteiger partial charge in [-0.25, -0.2) is 9.78 Å². The van der Waals surface area contributed by atoms with Crippen LogP contribution in [0.25, 0.3) is 0 Å². The fourth-order valence-electron chi connectivity index (χ4n) is 2.22. The van der Waals surface area contributed by atoms with E-state index in [1.165, 1.54) is 19.2 Å². The highest BCUT2D eigenvalue weighted by Gasteiger charge is 2.21. The molecule has 0 spiro atoms. The SMILES string of the molecule is CC(=O)Nc1cnc(N(C)CC2COCCO2)c(C(=O)O)c1. The van der Waals surface area contributed by atoms with Crippen molar-refractivity contribution in [1.82, 2.24) is 4.98 Å². The van der Waals surface area contributed by atoms with Gasteiger partial charge in [-0.15, -0.1) is 0 Å². The van der Waals surface area contributed by atoms with Gasteiger partial charge in [0, 0.05) is 20.5 Å². The Morgan fingerprint density at radius 1 is 1.50 bits per heavy atom. The summed E-state index contributed by atoms with van der Waals surface area (Å²) in [5.41, 5.74) is 0.366. The molecular weight excluding hydrogens is 290 g/mol. The number of carboxylic acids is 1. The van der Waals surface area contributed by atoms with Crippen molar-refractivity contribution < 1.29 is 24.2 Å². The monoisotopic (exact) mass is 309 g/mol. The predicted octanol–water partition coefficient (Wildman–Crippen LogP) is 0.590. The van der Waals surface area contributed by atoms with E-state index in [1.807, 2.05) is 0 Å². The molecular formula is C14H19N3O5. The van der Waals surface area contributed by atoms with E-state index in [-0.39, 0.29) is 17.6 Å². The highest BCUT2D eigenvalue weighted by atomic mass is 16.6. The predicted molar refractivity (Wildman–Crippen MR) is 79.3 cm³/mol. The zero-order valence-electron chi connectivity index (χ0n) is 12.5. The van der Waals surface area contributed by atoms with Gasteiger partial charge in [0.15, 0.2) is 0 Å². The maximum atomic E-state index is 11.4. The number of carbonyl (C=O) groups is 2. The van der Waals surface area contributed by atoms with E-state index < -0.39 is 5.97 Å². The average molecular weight is 309 g/mol. The number of carboxylic acid groups (broad SMARTS) is 1. The number of aromatic nitrogens is 1. The number of nitrogens with one attached hydrogen (secondary N) is 1. The third-order valence-corrected chi connectivity index (χ3v) is 3.14. The number of nitrogens with zero attached hydrogens (tertiary/aromatic N) is 2. The van der Waals surface area contributed by atoms with Crippen LogP contribution in [-0.2, 0) is 14.3 Å². The average Bonchev–Trinajstić information content (AvgIpc) is 2.47. The lowest BCUT2D eigenvalue weighted by molar-refractivity contribution is -0.114. The van der Waals surface area contributed by atoms with Crippen molar-refractivity contribution >= 4 is 23.4 Å². The number of rotatable bonds is 5. The minimum Gasteiger partial charge on any atom is -0.478 e. The summed E-state index contributed by atoms with van der Waals surface area (Å²) < 4.78 is 10.9. The molecule has 0 aromatic carbocycles. The van der Waals surface area contributed by atoms with Crippen molar-refractivity contribution in [1.29, 1.82) is 0 Å². The number of likely N-dealkylation sites (N-methyl/N-ethyl adjacent to an activating group) is 1.